The number of rotatable bonds is 2. The SMILES string of the molecule is Oc1c(C=Cc2ccncc2)ccc2ccccc12. The highest BCUT2D eigenvalue weighted by atomic mass is 16.3. The van der Waals surface area contributed by atoms with Gasteiger partial charge < -0.3 is 5.11 Å². The molecule has 0 saturated heterocycles. The van der Waals surface area contributed by atoms with E-state index in [0.717, 1.165) is 21.9 Å². The van der Waals surface area contributed by atoms with E-state index in [1.54, 1.807) is 12.4 Å². The van der Waals surface area contributed by atoms with Crippen LogP contribution in [0.3, 0.4) is 0 Å². The largest absolute Gasteiger partial charge is 0.507 e. The Balaban J connectivity index is 2.02. The predicted molar refractivity (Wildman–Crippen MR) is 78.8 cm³/mol. The van der Waals surface area contributed by atoms with Crippen molar-refractivity contribution in [2.45, 2.75) is 0 Å². The highest BCUT2D eigenvalue weighted by molar-refractivity contribution is 5.92. The average Bonchev–Trinajstić information content (AvgIpc) is 2.48. The molecule has 0 bridgehead atoms. The van der Waals surface area contributed by atoms with Gasteiger partial charge in [-0.25, -0.2) is 0 Å². The fourth-order valence-corrected chi connectivity index (χ4v) is 2.07. The van der Waals surface area contributed by atoms with Crippen LogP contribution in [0.15, 0.2) is 60.9 Å². The number of pyridine rings is 1. The van der Waals surface area contributed by atoms with Gasteiger partial charge in [0.25, 0.3) is 0 Å². The fraction of sp³-hybridized carbons (Fsp3) is 0. The van der Waals surface area contributed by atoms with Crippen molar-refractivity contribution in [1.29, 1.82) is 0 Å². The van der Waals surface area contributed by atoms with E-state index < -0.39 is 0 Å². The highest BCUT2D eigenvalue weighted by Gasteiger charge is 2.02. The molecule has 1 aromatic heterocycles. The van der Waals surface area contributed by atoms with E-state index in [4.69, 9.17) is 0 Å². The molecule has 0 unspecified atom stereocenters. The van der Waals surface area contributed by atoms with Crippen molar-refractivity contribution in [3.05, 3.63) is 72.1 Å². The second-order valence-electron chi connectivity index (χ2n) is 4.34. The third-order valence-electron chi connectivity index (χ3n) is 3.09. The first-order valence-corrected chi connectivity index (χ1v) is 6.13. The monoisotopic (exact) mass is 247 g/mol. The van der Waals surface area contributed by atoms with Crippen LogP contribution in [0.4, 0.5) is 0 Å². The summed E-state index contributed by atoms with van der Waals surface area (Å²) in [5, 5.41) is 12.2. The van der Waals surface area contributed by atoms with Crippen molar-refractivity contribution >= 4 is 22.9 Å². The summed E-state index contributed by atoms with van der Waals surface area (Å²) in [4.78, 5) is 3.98. The van der Waals surface area contributed by atoms with Crippen LogP contribution in [0.25, 0.3) is 22.9 Å². The van der Waals surface area contributed by atoms with Crippen LogP contribution in [-0.4, -0.2) is 10.1 Å². The molecule has 19 heavy (non-hydrogen) atoms. The maximum Gasteiger partial charge on any atom is 0.130 e. The van der Waals surface area contributed by atoms with Crippen molar-refractivity contribution in [1.82, 2.24) is 4.98 Å². The van der Waals surface area contributed by atoms with Gasteiger partial charge in [0, 0.05) is 23.3 Å². The molecule has 3 aromatic rings. The smallest absolute Gasteiger partial charge is 0.130 e. The molecule has 2 heteroatoms. The normalized spacial score (nSPS) is 11.2. The number of phenolic OH excluding ortho intramolecular Hbond substituents is 1. The average molecular weight is 247 g/mol. The number of phenols is 1. The second-order valence-corrected chi connectivity index (χ2v) is 4.34. The predicted octanol–water partition coefficient (Wildman–Crippen LogP) is 4.11. The second kappa shape index (κ2) is 4.94. The van der Waals surface area contributed by atoms with E-state index >= 15 is 0 Å². The van der Waals surface area contributed by atoms with Crippen LogP contribution in [0.5, 0.6) is 5.75 Å². The van der Waals surface area contributed by atoms with Crippen molar-refractivity contribution in [3.63, 3.8) is 0 Å². The number of benzene rings is 2. The summed E-state index contributed by atoms with van der Waals surface area (Å²) in [7, 11) is 0. The molecule has 0 amide bonds. The van der Waals surface area contributed by atoms with Gasteiger partial charge in [0.05, 0.1) is 0 Å². The Bertz CT molecular complexity index is 733. The van der Waals surface area contributed by atoms with E-state index in [1.807, 2.05) is 60.7 Å². The van der Waals surface area contributed by atoms with Crippen LogP contribution in [0.2, 0.25) is 0 Å². The van der Waals surface area contributed by atoms with Crippen molar-refractivity contribution in [3.8, 4) is 5.75 Å². The first-order chi connectivity index (χ1) is 9.34. The molecule has 1 heterocycles. The maximum atomic E-state index is 10.3. The summed E-state index contributed by atoms with van der Waals surface area (Å²) in [6, 6.07) is 15.6. The molecule has 0 aliphatic heterocycles. The third-order valence-corrected chi connectivity index (χ3v) is 3.09. The first kappa shape index (κ1) is 11.5. The zero-order valence-corrected chi connectivity index (χ0v) is 10.3. The summed E-state index contributed by atoms with van der Waals surface area (Å²) >= 11 is 0. The van der Waals surface area contributed by atoms with Crippen LogP contribution in [-0.2, 0) is 0 Å². The van der Waals surface area contributed by atoms with E-state index in [1.165, 1.54) is 0 Å². The molecule has 0 radical (unpaired) electrons. The lowest BCUT2D eigenvalue weighted by atomic mass is 10.0. The van der Waals surface area contributed by atoms with Crippen LogP contribution >= 0.6 is 0 Å². The Morgan fingerprint density at radius 2 is 1.63 bits per heavy atom. The molecule has 3 rings (SSSR count). The van der Waals surface area contributed by atoms with E-state index in [9.17, 15) is 5.11 Å². The number of fused-ring (bicyclic) bond motifs is 1. The molecule has 92 valence electrons. The molecule has 1 N–H and O–H groups in total. The Labute approximate surface area is 111 Å². The zero-order chi connectivity index (χ0) is 13.1. The summed E-state index contributed by atoms with van der Waals surface area (Å²) in [5.74, 6) is 0.323. The topological polar surface area (TPSA) is 33.1 Å². The summed E-state index contributed by atoms with van der Waals surface area (Å²) in [5.41, 5.74) is 1.87. The minimum absolute atomic E-state index is 0.323. The standard InChI is InChI=1S/C17H13NO/c19-17-15(6-5-13-9-11-18-12-10-13)8-7-14-3-1-2-4-16(14)17/h1-12,19H. The van der Waals surface area contributed by atoms with Crippen molar-refractivity contribution in [2.24, 2.45) is 0 Å². The number of aromatic nitrogens is 1. The van der Waals surface area contributed by atoms with Gasteiger partial charge in [0.2, 0.25) is 0 Å². The van der Waals surface area contributed by atoms with Crippen LogP contribution in [0.1, 0.15) is 11.1 Å². The lowest BCUT2D eigenvalue weighted by Crippen LogP contribution is -1.79. The Hall–Kier alpha value is -2.61. The lowest BCUT2D eigenvalue weighted by Gasteiger charge is -2.04. The zero-order valence-electron chi connectivity index (χ0n) is 10.3. The van der Waals surface area contributed by atoms with Gasteiger partial charge in [-0.05, 0) is 23.1 Å². The van der Waals surface area contributed by atoms with Gasteiger partial charge in [-0.1, -0.05) is 48.6 Å². The van der Waals surface area contributed by atoms with E-state index in [-0.39, 0.29) is 0 Å². The maximum absolute atomic E-state index is 10.3. The Morgan fingerprint density at radius 3 is 2.47 bits per heavy atom. The lowest BCUT2D eigenvalue weighted by molar-refractivity contribution is 0.480. The highest BCUT2D eigenvalue weighted by Crippen LogP contribution is 2.29. The molecular weight excluding hydrogens is 234 g/mol. The molecule has 0 fully saturated rings. The molecule has 2 aromatic carbocycles. The summed E-state index contributed by atoms with van der Waals surface area (Å²) in [6.07, 6.45) is 7.38. The molecule has 0 spiro atoms. The van der Waals surface area contributed by atoms with Gasteiger partial charge in [0.1, 0.15) is 5.75 Å². The number of nitrogens with zero attached hydrogens (tertiary/aromatic N) is 1. The quantitative estimate of drug-likeness (QED) is 0.739. The van der Waals surface area contributed by atoms with Crippen LogP contribution < -0.4 is 0 Å². The van der Waals surface area contributed by atoms with E-state index in [0.29, 0.717) is 5.75 Å². The summed E-state index contributed by atoms with van der Waals surface area (Å²) < 4.78 is 0. The Kier molecular flexibility index (Phi) is 2.99. The fourth-order valence-electron chi connectivity index (χ4n) is 2.07. The number of hydrogen-bond donors (Lipinski definition) is 1. The van der Waals surface area contributed by atoms with Crippen molar-refractivity contribution in [2.75, 3.05) is 0 Å². The molecule has 0 aliphatic rings. The van der Waals surface area contributed by atoms with Gasteiger partial charge in [0.15, 0.2) is 0 Å². The van der Waals surface area contributed by atoms with Gasteiger partial charge in [-0.2, -0.15) is 0 Å². The minimum Gasteiger partial charge on any atom is -0.507 e. The van der Waals surface area contributed by atoms with Gasteiger partial charge in [-0.3, -0.25) is 4.98 Å². The molecule has 2 nitrogen and oxygen atoms in total. The number of hydrogen-bond acceptors (Lipinski definition) is 2. The van der Waals surface area contributed by atoms with Gasteiger partial charge in [-0.15, -0.1) is 0 Å². The first-order valence-electron chi connectivity index (χ1n) is 6.13. The van der Waals surface area contributed by atoms with E-state index in [2.05, 4.69) is 4.98 Å². The third kappa shape index (κ3) is 2.33. The minimum atomic E-state index is 0.323. The molecule has 0 atom stereocenters. The Morgan fingerprint density at radius 1 is 0.842 bits per heavy atom. The summed E-state index contributed by atoms with van der Waals surface area (Å²) in [6.45, 7) is 0. The van der Waals surface area contributed by atoms with Crippen LogP contribution in [0, 0.1) is 0 Å². The van der Waals surface area contributed by atoms with Gasteiger partial charge >= 0.3 is 0 Å². The molecular formula is C17H13NO. The molecule has 0 saturated carbocycles. The van der Waals surface area contributed by atoms with Crippen molar-refractivity contribution < 1.29 is 5.11 Å². The molecule has 0 aliphatic carbocycles. The number of aromatic hydroxyl groups is 1.